The predicted molar refractivity (Wildman–Crippen MR) is 69.8 cm³/mol. The van der Waals surface area contributed by atoms with Crippen LogP contribution < -0.4 is 9.47 Å². The minimum atomic E-state index is -0.765. The lowest BCUT2D eigenvalue weighted by Crippen LogP contribution is -2.27. The number of carboxylic acids is 1. The Morgan fingerprint density at radius 1 is 1.37 bits per heavy atom. The second kappa shape index (κ2) is 4.44. The van der Waals surface area contributed by atoms with Crippen molar-refractivity contribution in [3.05, 3.63) is 23.8 Å². The lowest BCUT2D eigenvalue weighted by molar-refractivity contribution is -0.140. The summed E-state index contributed by atoms with van der Waals surface area (Å²) in [5.74, 6) is 0.505. The van der Waals surface area contributed by atoms with Crippen LogP contribution in [0, 0.1) is 0 Å². The number of hydrogen-bond donors (Lipinski definition) is 1. The monoisotopic (exact) mass is 262 g/mol. The Bertz CT molecular complexity index is 501. The van der Waals surface area contributed by atoms with Gasteiger partial charge in [-0.15, -0.1) is 0 Å². The smallest absolute Gasteiger partial charge is 0.314 e. The number of carboxylic acid groups (broad SMARTS) is 1. The number of hydrogen-bond acceptors (Lipinski definition) is 3. The molecule has 102 valence electrons. The molecule has 2 fully saturated rings. The van der Waals surface area contributed by atoms with E-state index in [1.54, 1.807) is 7.11 Å². The average molecular weight is 262 g/mol. The van der Waals surface area contributed by atoms with Crippen molar-refractivity contribution in [2.45, 2.75) is 43.6 Å². The van der Waals surface area contributed by atoms with Crippen LogP contribution in [0.2, 0.25) is 0 Å². The summed E-state index contributed by atoms with van der Waals surface area (Å²) in [6.07, 6.45) is 4.82. The highest BCUT2D eigenvalue weighted by Crippen LogP contribution is 2.54. The fourth-order valence-corrected chi connectivity index (χ4v) is 2.55. The third kappa shape index (κ3) is 1.95. The van der Waals surface area contributed by atoms with Gasteiger partial charge < -0.3 is 14.6 Å². The molecular weight excluding hydrogens is 244 g/mol. The predicted octanol–water partition coefficient (Wildman–Crippen LogP) is 2.74. The fourth-order valence-electron chi connectivity index (χ4n) is 2.55. The quantitative estimate of drug-likeness (QED) is 0.886. The first-order valence-electron chi connectivity index (χ1n) is 6.75. The SMILES string of the molecule is COc1cccc(C2(C(=O)O)CC2)c1OC1CCC1. The van der Waals surface area contributed by atoms with Crippen LogP contribution in [0.1, 0.15) is 37.7 Å². The summed E-state index contributed by atoms with van der Waals surface area (Å²) < 4.78 is 11.3. The van der Waals surface area contributed by atoms with Gasteiger partial charge in [-0.25, -0.2) is 0 Å². The Morgan fingerprint density at radius 2 is 2.11 bits per heavy atom. The maximum atomic E-state index is 11.5. The molecule has 0 radical (unpaired) electrons. The molecule has 0 saturated heterocycles. The van der Waals surface area contributed by atoms with Crippen molar-refractivity contribution < 1.29 is 19.4 Å². The Hall–Kier alpha value is -1.71. The van der Waals surface area contributed by atoms with E-state index >= 15 is 0 Å². The summed E-state index contributed by atoms with van der Waals surface area (Å²) in [4.78, 5) is 11.5. The highest BCUT2D eigenvalue weighted by Gasteiger charge is 2.54. The summed E-state index contributed by atoms with van der Waals surface area (Å²) in [5.41, 5.74) is 0.0133. The third-order valence-corrected chi connectivity index (χ3v) is 4.21. The molecule has 2 aliphatic carbocycles. The molecule has 4 nitrogen and oxygen atoms in total. The van der Waals surface area contributed by atoms with E-state index < -0.39 is 11.4 Å². The first-order valence-corrected chi connectivity index (χ1v) is 6.75. The van der Waals surface area contributed by atoms with Crippen molar-refractivity contribution in [2.24, 2.45) is 0 Å². The van der Waals surface area contributed by atoms with Gasteiger partial charge in [0.05, 0.1) is 18.6 Å². The average Bonchev–Trinajstić information content (AvgIpc) is 3.14. The van der Waals surface area contributed by atoms with Crippen LogP contribution in [-0.2, 0) is 10.2 Å². The third-order valence-electron chi connectivity index (χ3n) is 4.21. The zero-order valence-corrected chi connectivity index (χ0v) is 11.0. The highest BCUT2D eigenvalue weighted by molar-refractivity contribution is 5.86. The topological polar surface area (TPSA) is 55.8 Å². The number of aliphatic carboxylic acids is 1. The van der Waals surface area contributed by atoms with Gasteiger partial charge in [-0.05, 0) is 38.2 Å². The molecule has 0 amide bonds. The first kappa shape index (κ1) is 12.3. The van der Waals surface area contributed by atoms with Gasteiger partial charge in [-0.2, -0.15) is 0 Å². The molecule has 0 aliphatic heterocycles. The molecule has 4 heteroatoms. The van der Waals surface area contributed by atoms with Crippen LogP contribution in [0.3, 0.4) is 0 Å². The van der Waals surface area contributed by atoms with Crippen molar-refractivity contribution in [1.29, 1.82) is 0 Å². The number of carbonyl (C=O) groups is 1. The van der Waals surface area contributed by atoms with Crippen LogP contribution >= 0.6 is 0 Å². The second-order valence-corrected chi connectivity index (χ2v) is 5.39. The molecule has 0 heterocycles. The van der Waals surface area contributed by atoms with Gasteiger partial charge in [0.15, 0.2) is 11.5 Å². The van der Waals surface area contributed by atoms with Gasteiger partial charge in [0.25, 0.3) is 0 Å². The van der Waals surface area contributed by atoms with E-state index in [0.29, 0.717) is 24.3 Å². The van der Waals surface area contributed by atoms with Gasteiger partial charge >= 0.3 is 5.97 Å². The number of rotatable bonds is 5. The molecular formula is C15H18O4. The maximum absolute atomic E-state index is 11.5. The van der Waals surface area contributed by atoms with Crippen molar-refractivity contribution in [3.8, 4) is 11.5 Å². The van der Waals surface area contributed by atoms with Crippen molar-refractivity contribution in [1.82, 2.24) is 0 Å². The van der Waals surface area contributed by atoms with E-state index in [0.717, 1.165) is 18.4 Å². The van der Waals surface area contributed by atoms with E-state index in [9.17, 15) is 9.90 Å². The Labute approximate surface area is 112 Å². The number of ether oxygens (including phenoxy) is 2. The van der Waals surface area contributed by atoms with Crippen molar-refractivity contribution in [2.75, 3.05) is 7.11 Å². The Balaban J connectivity index is 2.00. The molecule has 1 aromatic rings. The normalized spacial score (nSPS) is 20.5. The summed E-state index contributed by atoms with van der Waals surface area (Å²) in [6.45, 7) is 0. The molecule has 2 saturated carbocycles. The summed E-state index contributed by atoms with van der Waals surface area (Å²) in [5, 5.41) is 9.45. The zero-order chi connectivity index (χ0) is 13.5. The standard InChI is InChI=1S/C15H18O4/c1-18-12-7-3-6-11(15(8-9-15)14(16)17)13(12)19-10-4-2-5-10/h3,6-7,10H,2,4-5,8-9H2,1H3,(H,16,17). The van der Waals surface area contributed by atoms with E-state index in [-0.39, 0.29) is 6.10 Å². The minimum Gasteiger partial charge on any atom is -0.493 e. The molecule has 0 spiro atoms. The van der Waals surface area contributed by atoms with Crippen molar-refractivity contribution >= 4 is 5.97 Å². The largest absolute Gasteiger partial charge is 0.493 e. The molecule has 0 atom stereocenters. The molecule has 1 aromatic carbocycles. The molecule has 19 heavy (non-hydrogen) atoms. The van der Waals surface area contributed by atoms with Crippen LogP contribution in [0.15, 0.2) is 18.2 Å². The Morgan fingerprint density at radius 3 is 2.58 bits per heavy atom. The van der Waals surface area contributed by atoms with Crippen LogP contribution in [0.5, 0.6) is 11.5 Å². The molecule has 3 rings (SSSR count). The number of benzene rings is 1. The molecule has 0 aromatic heterocycles. The highest BCUT2D eigenvalue weighted by atomic mass is 16.5. The Kier molecular flexibility index (Phi) is 2.88. The first-order chi connectivity index (χ1) is 9.17. The number of methoxy groups -OCH3 is 1. The zero-order valence-electron chi connectivity index (χ0n) is 11.0. The van der Waals surface area contributed by atoms with E-state index in [4.69, 9.17) is 9.47 Å². The molecule has 2 aliphatic rings. The summed E-state index contributed by atoms with van der Waals surface area (Å²) in [7, 11) is 1.59. The van der Waals surface area contributed by atoms with E-state index in [1.807, 2.05) is 18.2 Å². The van der Waals surface area contributed by atoms with Crippen molar-refractivity contribution in [3.63, 3.8) is 0 Å². The van der Waals surface area contributed by atoms with Gasteiger partial charge in [-0.3, -0.25) is 4.79 Å². The number of para-hydroxylation sites is 1. The van der Waals surface area contributed by atoms with E-state index in [1.165, 1.54) is 6.42 Å². The summed E-state index contributed by atoms with van der Waals surface area (Å²) >= 11 is 0. The molecule has 0 unspecified atom stereocenters. The maximum Gasteiger partial charge on any atom is 0.314 e. The lowest BCUT2D eigenvalue weighted by Gasteiger charge is -2.29. The van der Waals surface area contributed by atoms with Crippen LogP contribution in [0.4, 0.5) is 0 Å². The van der Waals surface area contributed by atoms with E-state index in [2.05, 4.69) is 0 Å². The second-order valence-electron chi connectivity index (χ2n) is 5.39. The molecule has 0 bridgehead atoms. The van der Waals surface area contributed by atoms with Crippen LogP contribution in [0.25, 0.3) is 0 Å². The van der Waals surface area contributed by atoms with Gasteiger partial charge in [-0.1, -0.05) is 12.1 Å². The summed E-state index contributed by atoms with van der Waals surface area (Å²) in [6, 6.07) is 5.53. The molecule has 1 N–H and O–H groups in total. The van der Waals surface area contributed by atoms with Gasteiger partial charge in [0.1, 0.15) is 0 Å². The van der Waals surface area contributed by atoms with Crippen LogP contribution in [-0.4, -0.2) is 24.3 Å². The lowest BCUT2D eigenvalue weighted by atomic mass is 9.93. The van der Waals surface area contributed by atoms with Gasteiger partial charge in [0.2, 0.25) is 0 Å². The van der Waals surface area contributed by atoms with Gasteiger partial charge in [0, 0.05) is 5.56 Å². The minimum absolute atomic E-state index is 0.208. The fraction of sp³-hybridized carbons (Fsp3) is 0.533.